The zero-order chi connectivity index (χ0) is 9.68. The van der Waals surface area contributed by atoms with Crippen molar-refractivity contribution in [1.82, 2.24) is 0 Å². The van der Waals surface area contributed by atoms with Crippen molar-refractivity contribution in [3.8, 4) is 5.75 Å². The van der Waals surface area contributed by atoms with Gasteiger partial charge in [0, 0.05) is 4.47 Å². The number of nitrogens with two attached hydrogens (primary N) is 1. The molecule has 13 heavy (non-hydrogen) atoms. The Balaban J connectivity index is 2.41. The minimum atomic E-state index is -0.316. The summed E-state index contributed by atoms with van der Waals surface area (Å²) in [5.74, 6) is 0.757. The number of aliphatic hydroxyl groups is 1. The van der Waals surface area contributed by atoms with Crippen LogP contribution in [0, 0.1) is 0 Å². The first-order chi connectivity index (χ1) is 6.22. The van der Waals surface area contributed by atoms with E-state index in [1.165, 1.54) is 0 Å². The SMILES string of the molecule is N[C@@H](CO)CO[14c]1[14cH][14cH][14c](Br)[14cH][14cH]1. The number of halogens is 1. The quantitative estimate of drug-likeness (QED) is 0.851. The van der Waals surface area contributed by atoms with Gasteiger partial charge in [0.25, 0.3) is 0 Å². The van der Waals surface area contributed by atoms with E-state index < -0.39 is 0 Å². The summed E-state index contributed by atoms with van der Waals surface area (Å²) in [4.78, 5) is 0. The maximum Gasteiger partial charge on any atom is 0.119 e. The topological polar surface area (TPSA) is 55.5 Å². The Bertz CT molecular complexity index is 250. The predicted molar refractivity (Wildman–Crippen MR) is 54.7 cm³/mol. The Morgan fingerprint density at radius 3 is 2.54 bits per heavy atom. The van der Waals surface area contributed by atoms with Gasteiger partial charge in [0.1, 0.15) is 12.4 Å². The van der Waals surface area contributed by atoms with Crippen LogP contribution in [-0.4, -0.2) is 24.4 Å². The average Bonchev–Trinajstić information content (AvgIpc) is 2.16. The molecule has 0 radical (unpaired) electrons. The highest BCUT2D eigenvalue weighted by Crippen LogP contribution is 2.15. The summed E-state index contributed by atoms with van der Waals surface area (Å²) >= 11 is 3.32. The summed E-state index contributed by atoms with van der Waals surface area (Å²) in [5.41, 5.74) is 5.47. The molecule has 1 rings (SSSR count). The van der Waals surface area contributed by atoms with Crippen LogP contribution in [0.5, 0.6) is 5.75 Å². The van der Waals surface area contributed by atoms with Crippen LogP contribution in [0.4, 0.5) is 0 Å². The maximum absolute atomic E-state index is 8.64. The summed E-state index contributed by atoms with van der Waals surface area (Å²) in [6, 6.07) is 7.14. The molecule has 0 amide bonds. The van der Waals surface area contributed by atoms with E-state index in [0.717, 1.165) is 10.2 Å². The molecular formula is C9H12BrNO2. The Morgan fingerprint density at radius 1 is 1.38 bits per heavy atom. The lowest BCUT2D eigenvalue weighted by molar-refractivity contribution is 0.206. The first-order valence-electron chi connectivity index (χ1n) is 3.97. The van der Waals surface area contributed by atoms with Crippen LogP contribution in [-0.2, 0) is 0 Å². The molecule has 0 aliphatic rings. The third kappa shape index (κ3) is 3.76. The van der Waals surface area contributed by atoms with Gasteiger partial charge < -0.3 is 15.6 Å². The highest BCUT2D eigenvalue weighted by atomic mass is 79.9. The molecule has 0 aliphatic carbocycles. The van der Waals surface area contributed by atoms with E-state index in [2.05, 4.69) is 15.9 Å². The summed E-state index contributed by atoms with van der Waals surface area (Å²) in [6.45, 7) is 0.272. The van der Waals surface area contributed by atoms with E-state index in [0.29, 0.717) is 6.61 Å². The monoisotopic (exact) mass is 257 g/mol. The van der Waals surface area contributed by atoms with Crippen molar-refractivity contribution < 1.29 is 9.84 Å². The van der Waals surface area contributed by atoms with Crippen LogP contribution in [0.1, 0.15) is 0 Å². The van der Waals surface area contributed by atoms with Gasteiger partial charge in [0.15, 0.2) is 0 Å². The Labute approximate surface area is 85.6 Å². The summed E-state index contributed by atoms with van der Waals surface area (Å²) in [7, 11) is 0. The third-order valence-electron chi connectivity index (χ3n) is 1.51. The van der Waals surface area contributed by atoms with Gasteiger partial charge in [0.05, 0.1) is 12.6 Å². The van der Waals surface area contributed by atoms with Crippen molar-refractivity contribution in [2.75, 3.05) is 13.2 Å². The standard InChI is InChI=1S/C9H12BrNO2/c10-7-1-3-9(4-2-7)13-6-8(11)5-12/h1-4,8,12H,5-6,11H2/t8-/m0/s1/i1+2,2+2,3+2,4+2,7+2,9+2. The van der Waals surface area contributed by atoms with Gasteiger partial charge in [-0.15, -0.1) is 0 Å². The van der Waals surface area contributed by atoms with Crippen LogP contribution in [0.25, 0.3) is 0 Å². The van der Waals surface area contributed by atoms with Crippen LogP contribution >= 0.6 is 15.9 Å². The lowest BCUT2D eigenvalue weighted by Crippen LogP contribution is -2.31. The summed E-state index contributed by atoms with van der Waals surface area (Å²) in [6.07, 6.45) is 0. The van der Waals surface area contributed by atoms with Crippen molar-refractivity contribution in [2.24, 2.45) is 5.73 Å². The van der Waals surface area contributed by atoms with Crippen molar-refractivity contribution in [1.29, 1.82) is 0 Å². The maximum atomic E-state index is 8.64. The number of aliphatic hydroxyl groups excluding tert-OH is 1. The number of hydrogen-bond donors (Lipinski definition) is 2. The van der Waals surface area contributed by atoms with Crippen LogP contribution in [0.2, 0.25) is 0 Å². The molecule has 0 heterocycles. The van der Waals surface area contributed by atoms with Crippen LogP contribution in [0.3, 0.4) is 0 Å². The van der Waals surface area contributed by atoms with Gasteiger partial charge in [-0.3, -0.25) is 0 Å². The number of rotatable bonds is 4. The van der Waals surface area contributed by atoms with E-state index in [1.54, 1.807) is 0 Å². The zero-order valence-electron chi connectivity index (χ0n) is 7.11. The smallest absolute Gasteiger partial charge is 0.119 e. The second kappa shape index (κ2) is 5.21. The van der Waals surface area contributed by atoms with Crippen molar-refractivity contribution in [2.45, 2.75) is 6.04 Å². The van der Waals surface area contributed by atoms with Gasteiger partial charge in [-0.1, -0.05) is 15.9 Å². The molecule has 0 fully saturated rings. The lowest BCUT2D eigenvalue weighted by atomic mass is 10.4. The second-order valence-corrected chi connectivity index (χ2v) is 3.62. The Morgan fingerprint density at radius 2 is 2.00 bits per heavy atom. The van der Waals surface area contributed by atoms with Gasteiger partial charge in [-0.25, -0.2) is 0 Å². The van der Waals surface area contributed by atoms with Crippen LogP contribution < -0.4 is 10.5 Å². The van der Waals surface area contributed by atoms with Gasteiger partial charge in [-0.05, 0) is 24.3 Å². The molecule has 4 heteroatoms. The third-order valence-corrected chi connectivity index (χ3v) is 2.04. The summed E-state index contributed by atoms with van der Waals surface area (Å²) < 4.78 is 6.31. The zero-order valence-corrected chi connectivity index (χ0v) is 8.70. The molecule has 0 spiro atoms. The van der Waals surface area contributed by atoms with Crippen molar-refractivity contribution >= 4 is 15.9 Å². The molecule has 0 aliphatic heterocycles. The molecule has 0 saturated heterocycles. The minimum Gasteiger partial charge on any atom is -0.492 e. The van der Waals surface area contributed by atoms with Gasteiger partial charge in [-0.2, -0.15) is 0 Å². The van der Waals surface area contributed by atoms with Gasteiger partial charge in [0.2, 0.25) is 0 Å². The Kier molecular flexibility index (Phi) is 4.21. The molecule has 72 valence electrons. The highest BCUT2D eigenvalue weighted by Gasteiger charge is 2.00. The number of ether oxygens (including phenoxy) is 1. The fraction of sp³-hybridized carbons (Fsp3) is 0.333. The number of benzene rings is 1. The first-order valence-corrected chi connectivity index (χ1v) is 4.76. The molecule has 0 saturated carbocycles. The molecule has 3 nitrogen and oxygen atoms in total. The van der Waals surface area contributed by atoms with E-state index in [9.17, 15) is 0 Å². The predicted octanol–water partition coefficient (Wildman–Crippen LogP) is 1.15. The van der Waals surface area contributed by atoms with Crippen molar-refractivity contribution in [3.63, 3.8) is 0 Å². The normalized spacial score (nSPS) is 12.5. The molecular weight excluding hydrogens is 246 g/mol. The molecule has 0 bridgehead atoms. The minimum absolute atomic E-state index is 0.0590. The van der Waals surface area contributed by atoms with E-state index >= 15 is 0 Å². The molecule has 3 N–H and O–H groups in total. The fourth-order valence-electron chi connectivity index (χ4n) is 0.787. The van der Waals surface area contributed by atoms with Crippen molar-refractivity contribution in [3.05, 3.63) is 28.7 Å². The molecule has 0 aromatic heterocycles. The average molecular weight is 258 g/mol. The molecule has 1 aromatic rings. The first kappa shape index (κ1) is 10.5. The van der Waals surface area contributed by atoms with E-state index in [1.807, 2.05) is 24.3 Å². The van der Waals surface area contributed by atoms with E-state index in [-0.39, 0.29) is 12.6 Å². The fourth-order valence-corrected chi connectivity index (χ4v) is 1.05. The molecule has 0 unspecified atom stereocenters. The van der Waals surface area contributed by atoms with Crippen LogP contribution in [0.15, 0.2) is 28.7 Å². The molecule has 1 aromatic carbocycles. The summed E-state index contributed by atoms with van der Waals surface area (Å²) in [5, 5.41) is 8.64. The largest absolute Gasteiger partial charge is 0.492 e. The second-order valence-electron chi connectivity index (χ2n) is 2.71. The lowest BCUT2D eigenvalue weighted by Gasteiger charge is -2.10. The van der Waals surface area contributed by atoms with Gasteiger partial charge >= 0.3 is 0 Å². The van der Waals surface area contributed by atoms with E-state index in [4.69, 9.17) is 15.6 Å². The Hall–Kier alpha value is -0.580. The molecule has 1 atom stereocenters. The highest BCUT2D eigenvalue weighted by molar-refractivity contribution is 9.10. The number of hydrogen-bond acceptors (Lipinski definition) is 3.